The fourth-order valence-electron chi connectivity index (χ4n) is 6.61. The summed E-state index contributed by atoms with van der Waals surface area (Å²) >= 11 is 0. The van der Waals surface area contributed by atoms with Crippen LogP contribution in [-0.2, 0) is 32.1 Å². The number of likely N-dealkylation sites (N-methyl/N-ethyl adjacent to an activating group) is 2. The zero-order valence-corrected chi connectivity index (χ0v) is 25.9. The summed E-state index contributed by atoms with van der Waals surface area (Å²) in [5, 5.41) is 8.69. The largest absolute Gasteiger partial charge is 0.445 e. The second-order valence-electron chi connectivity index (χ2n) is 13.1. The SMILES string of the molecule is CCN1C[C@@H](OC(=O)N2CCc3ccccc3C2)C[C@@H]1C(=O)N[C@H](C(=O)N[C@H](C(=O)NC)C1CCCCC1)C(C)(C)C. The maximum Gasteiger partial charge on any atom is 0.410 e. The lowest BCUT2D eigenvalue weighted by molar-refractivity contribution is -0.136. The predicted molar refractivity (Wildman–Crippen MR) is 160 cm³/mol. The van der Waals surface area contributed by atoms with Crippen LogP contribution in [0.4, 0.5) is 4.79 Å². The molecule has 1 aliphatic carbocycles. The molecule has 2 heterocycles. The molecule has 10 nitrogen and oxygen atoms in total. The molecule has 0 spiro atoms. The molecule has 0 radical (unpaired) electrons. The van der Waals surface area contributed by atoms with Crippen molar-refractivity contribution in [2.45, 2.75) is 103 Å². The minimum atomic E-state index is -0.838. The van der Waals surface area contributed by atoms with Gasteiger partial charge in [0.2, 0.25) is 17.7 Å². The molecule has 1 aromatic rings. The van der Waals surface area contributed by atoms with Gasteiger partial charge in [0.25, 0.3) is 0 Å². The highest BCUT2D eigenvalue weighted by atomic mass is 16.6. The number of rotatable bonds is 8. The zero-order chi connectivity index (χ0) is 30.4. The van der Waals surface area contributed by atoms with Gasteiger partial charge in [0, 0.05) is 33.1 Å². The summed E-state index contributed by atoms with van der Waals surface area (Å²) in [4.78, 5) is 56.8. The van der Waals surface area contributed by atoms with E-state index in [9.17, 15) is 19.2 Å². The van der Waals surface area contributed by atoms with Gasteiger partial charge in [-0.15, -0.1) is 0 Å². The maximum atomic E-state index is 13.7. The molecule has 2 fully saturated rings. The Morgan fingerprint density at radius 1 is 1.00 bits per heavy atom. The number of carbonyl (C=O) groups is 4. The van der Waals surface area contributed by atoms with Crippen molar-refractivity contribution in [3.05, 3.63) is 35.4 Å². The molecular formula is C32H49N5O5. The number of carbonyl (C=O) groups excluding carboxylic acids is 4. The van der Waals surface area contributed by atoms with Gasteiger partial charge in [0.05, 0.1) is 6.04 Å². The topological polar surface area (TPSA) is 120 Å². The first-order valence-electron chi connectivity index (χ1n) is 15.6. The summed E-state index contributed by atoms with van der Waals surface area (Å²) in [6, 6.07) is 6.13. The summed E-state index contributed by atoms with van der Waals surface area (Å²) in [7, 11) is 1.58. The van der Waals surface area contributed by atoms with E-state index in [1.54, 1.807) is 11.9 Å². The summed E-state index contributed by atoms with van der Waals surface area (Å²) in [5.74, 6) is -0.756. The van der Waals surface area contributed by atoms with Gasteiger partial charge < -0.3 is 25.6 Å². The van der Waals surface area contributed by atoms with Crippen LogP contribution in [0.15, 0.2) is 24.3 Å². The molecule has 4 amide bonds. The second kappa shape index (κ2) is 13.9. The number of hydrogen-bond acceptors (Lipinski definition) is 6. The van der Waals surface area contributed by atoms with Crippen molar-refractivity contribution in [3.63, 3.8) is 0 Å². The van der Waals surface area contributed by atoms with E-state index >= 15 is 0 Å². The van der Waals surface area contributed by atoms with Crippen LogP contribution >= 0.6 is 0 Å². The summed E-state index contributed by atoms with van der Waals surface area (Å²) in [6.07, 6.45) is 5.38. The van der Waals surface area contributed by atoms with Crippen molar-refractivity contribution in [1.29, 1.82) is 0 Å². The van der Waals surface area contributed by atoms with Crippen molar-refractivity contribution in [2.24, 2.45) is 11.3 Å². The first-order valence-corrected chi connectivity index (χ1v) is 15.6. The molecule has 1 saturated carbocycles. The highest BCUT2D eigenvalue weighted by molar-refractivity contribution is 5.93. The molecule has 3 N–H and O–H groups in total. The van der Waals surface area contributed by atoms with E-state index < -0.39 is 29.6 Å². The van der Waals surface area contributed by atoms with Crippen molar-refractivity contribution in [1.82, 2.24) is 25.8 Å². The molecule has 232 valence electrons. The smallest absolute Gasteiger partial charge is 0.410 e. The highest BCUT2D eigenvalue weighted by Gasteiger charge is 2.42. The molecule has 2 aliphatic heterocycles. The molecule has 42 heavy (non-hydrogen) atoms. The third-order valence-electron chi connectivity index (χ3n) is 9.09. The van der Waals surface area contributed by atoms with Crippen LogP contribution in [0.25, 0.3) is 0 Å². The minimum Gasteiger partial charge on any atom is -0.445 e. The number of fused-ring (bicyclic) bond motifs is 1. The number of benzene rings is 1. The average Bonchev–Trinajstić information content (AvgIpc) is 3.40. The van der Waals surface area contributed by atoms with Crippen LogP contribution in [0.2, 0.25) is 0 Å². The minimum absolute atomic E-state index is 0.0770. The van der Waals surface area contributed by atoms with Gasteiger partial charge in [-0.25, -0.2) is 4.79 Å². The van der Waals surface area contributed by atoms with Gasteiger partial charge in [-0.1, -0.05) is 71.2 Å². The monoisotopic (exact) mass is 583 g/mol. The van der Waals surface area contributed by atoms with Crippen molar-refractivity contribution in [3.8, 4) is 0 Å². The van der Waals surface area contributed by atoms with Gasteiger partial charge in [0.15, 0.2) is 0 Å². The van der Waals surface area contributed by atoms with Crippen LogP contribution in [-0.4, -0.2) is 84.5 Å². The van der Waals surface area contributed by atoms with E-state index in [4.69, 9.17) is 4.74 Å². The van der Waals surface area contributed by atoms with Gasteiger partial charge in [0.1, 0.15) is 18.2 Å². The van der Waals surface area contributed by atoms with Crippen LogP contribution in [0, 0.1) is 11.3 Å². The summed E-state index contributed by atoms with van der Waals surface area (Å²) < 4.78 is 5.90. The summed E-state index contributed by atoms with van der Waals surface area (Å²) in [5.41, 5.74) is 1.80. The van der Waals surface area contributed by atoms with Gasteiger partial charge in [-0.05, 0) is 48.3 Å². The Kier molecular flexibility index (Phi) is 10.5. The number of nitrogens with zero attached hydrogens (tertiary/aromatic N) is 2. The van der Waals surface area contributed by atoms with E-state index in [2.05, 4.69) is 22.0 Å². The first-order chi connectivity index (χ1) is 20.0. The van der Waals surface area contributed by atoms with Gasteiger partial charge in [-0.3, -0.25) is 19.3 Å². The zero-order valence-electron chi connectivity index (χ0n) is 25.9. The maximum absolute atomic E-state index is 13.7. The van der Waals surface area contributed by atoms with Gasteiger partial charge >= 0.3 is 6.09 Å². The molecule has 0 unspecified atom stereocenters. The average molecular weight is 584 g/mol. The van der Waals surface area contributed by atoms with E-state index in [0.717, 1.165) is 44.1 Å². The molecule has 3 aliphatic rings. The van der Waals surface area contributed by atoms with E-state index in [-0.39, 0.29) is 29.7 Å². The lowest BCUT2D eigenvalue weighted by Crippen LogP contribution is -2.60. The first kappa shape index (κ1) is 31.8. The fourth-order valence-corrected chi connectivity index (χ4v) is 6.61. The number of hydrogen-bond donors (Lipinski definition) is 3. The van der Waals surface area contributed by atoms with Crippen LogP contribution in [0.5, 0.6) is 0 Å². The van der Waals surface area contributed by atoms with Crippen molar-refractivity contribution < 1.29 is 23.9 Å². The Hall–Kier alpha value is -3.14. The number of likely N-dealkylation sites (tertiary alicyclic amines) is 1. The lowest BCUT2D eigenvalue weighted by atomic mass is 9.82. The number of ether oxygens (including phenoxy) is 1. The quantitative estimate of drug-likeness (QED) is 0.433. The molecule has 4 rings (SSSR count). The molecule has 1 saturated heterocycles. The van der Waals surface area contributed by atoms with Crippen LogP contribution in [0.1, 0.15) is 77.3 Å². The Bertz CT molecular complexity index is 1130. The lowest BCUT2D eigenvalue weighted by Gasteiger charge is -2.35. The number of amides is 4. The van der Waals surface area contributed by atoms with Crippen LogP contribution in [0.3, 0.4) is 0 Å². The molecule has 0 aromatic heterocycles. The van der Waals surface area contributed by atoms with Gasteiger partial charge in [-0.2, -0.15) is 0 Å². The van der Waals surface area contributed by atoms with Crippen LogP contribution < -0.4 is 16.0 Å². The molecular weight excluding hydrogens is 534 g/mol. The Morgan fingerprint density at radius 2 is 1.69 bits per heavy atom. The normalized spacial score (nSPS) is 22.9. The Balaban J connectivity index is 1.39. The van der Waals surface area contributed by atoms with E-state index in [1.807, 2.05) is 50.8 Å². The van der Waals surface area contributed by atoms with Crippen molar-refractivity contribution in [2.75, 3.05) is 26.7 Å². The standard InChI is InChI=1S/C32H49N5O5/c1-6-36-20-24(42-31(41)37-17-16-21-12-10-11-15-23(21)19-37)18-25(36)28(38)35-27(32(2,3)4)30(40)34-26(29(39)33-5)22-13-8-7-9-14-22/h10-12,15,22,24-27H,6-9,13-14,16-20H2,1-5H3,(H,33,39)(H,34,40)(H,35,38)/t24-,25+,26-,27+/m0/s1. The van der Waals surface area contributed by atoms with Crippen molar-refractivity contribution >= 4 is 23.8 Å². The third kappa shape index (κ3) is 7.62. The number of nitrogens with one attached hydrogen (secondary N) is 3. The molecule has 1 aromatic carbocycles. The summed E-state index contributed by atoms with van der Waals surface area (Å²) in [6.45, 7) is 9.86. The Morgan fingerprint density at radius 3 is 2.33 bits per heavy atom. The fraction of sp³-hybridized carbons (Fsp3) is 0.688. The second-order valence-corrected chi connectivity index (χ2v) is 13.1. The van der Waals surface area contributed by atoms with E-state index in [0.29, 0.717) is 32.6 Å². The molecule has 10 heteroatoms. The molecule has 0 bridgehead atoms. The third-order valence-corrected chi connectivity index (χ3v) is 9.09. The van der Waals surface area contributed by atoms with E-state index in [1.165, 1.54) is 5.56 Å². The predicted octanol–water partition coefficient (Wildman–Crippen LogP) is 2.99. The highest BCUT2D eigenvalue weighted by Crippen LogP contribution is 2.28. The molecule has 4 atom stereocenters. The Labute approximate surface area is 250 Å².